The second kappa shape index (κ2) is 4.83. The van der Waals surface area contributed by atoms with E-state index in [9.17, 15) is 18.0 Å². The van der Waals surface area contributed by atoms with E-state index in [1.807, 2.05) is 0 Å². The number of nitrogens with one attached hydrogen (secondary N) is 1. The van der Waals surface area contributed by atoms with Gasteiger partial charge < -0.3 is 10.4 Å². The van der Waals surface area contributed by atoms with E-state index in [0.717, 1.165) is 12.8 Å². The molecule has 6 heteroatoms. The van der Waals surface area contributed by atoms with Crippen LogP contribution in [0.3, 0.4) is 0 Å². The molecule has 1 fully saturated rings. The van der Waals surface area contributed by atoms with E-state index in [1.54, 1.807) is 0 Å². The second-order valence-electron chi connectivity index (χ2n) is 3.83. The van der Waals surface area contributed by atoms with Gasteiger partial charge in [-0.1, -0.05) is 0 Å². The molecule has 0 aliphatic heterocycles. The van der Waals surface area contributed by atoms with Crippen LogP contribution >= 0.6 is 0 Å². The smallest absolute Gasteiger partial charge is 0.389 e. The first-order valence-electron chi connectivity index (χ1n) is 4.93. The van der Waals surface area contributed by atoms with Gasteiger partial charge in [-0.15, -0.1) is 0 Å². The lowest BCUT2D eigenvalue weighted by Crippen LogP contribution is -2.39. The molecular weight excluding hydrogens is 211 g/mol. The van der Waals surface area contributed by atoms with Crippen molar-refractivity contribution in [3.63, 3.8) is 0 Å². The maximum atomic E-state index is 11.8. The third-order valence-electron chi connectivity index (χ3n) is 2.36. The number of carboxylic acids is 1. The lowest BCUT2D eigenvalue weighted by Gasteiger charge is -2.13. The molecule has 3 nitrogen and oxygen atoms in total. The van der Waals surface area contributed by atoms with Crippen LogP contribution in [0.5, 0.6) is 0 Å². The van der Waals surface area contributed by atoms with Crippen molar-refractivity contribution in [3.8, 4) is 0 Å². The van der Waals surface area contributed by atoms with Gasteiger partial charge in [0, 0.05) is 6.42 Å². The Kier molecular flexibility index (Phi) is 3.96. The lowest BCUT2D eigenvalue weighted by atomic mass is 10.2. The maximum absolute atomic E-state index is 11.8. The second-order valence-corrected chi connectivity index (χ2v) is 3.83. The number of aliphatic carboxylic acids is 1. The molecule has 0 spiro atoms. The molecule has 0 aromatic carbocycles. The topological polar surface area (TPSA) is 49.3 Å². The van der Waals surface area contributed by atoms with E-state index in [-0.39, 0.29) is 18.9 Å². The Balaban J connectivity index is 2.15. The molecule has 1 unspecified atom stereocenters. The molecular formula is C9H14F3NO2. The van der Waals surface area contributed by atoms with E-state index in [4.69, 9.17) is 5.11 Å². The molecule has 0 radical (unpaired) electrons. The van der Waals surface area contributed by atoms with E-state index >= 15 is 0 Å². The summed E-state index contributed by atoms with van der Waals surface area (Å²) in [5.41, 5.74) is 0. The van der Waals surface area contributed by atoms with Crippen molar-refractivity contribution in [2.75, 3.05) is 6.54 Å². The minimum Gasteiger partial charge on any atom is -0.480 e. The highest BCUT2D eigenvalue weighted by molar-refractivity contribution is 5.74. The molecule has 1 aliphatic rings. The summed E-state index contributed by atoms with van der Waals surface area (Å²) in [6, 6.07) is -0.668. The molecule has 15 heavy (non-hydrogen) atoms. The van der Waals surface area contributed by atoms with E-state index < -0.39 is 24.6 Å². The number of hydrogen-bond acceptors (Lipinski definition) is 2. The van der Waals surface area contributed by atoms with Crippen molar-refractivity contribution in [3.05, 3.63) is 0 Å². The largest absolute Gasteiger partial charge is 0.480 e. The standard InChI is InChI=1S/C9H14F3NO2/c10-9(11,12)4-1-5-13-7(8(14)15)6-2-3-6/h6-7,13H,1-5H2,(H,14,15). The monoisotopic (exact) mass is 225 g/mol. The van der Waals surface area contributed by atoms with Crippen molar-refractivity contribution in [1.29, 1.82) is 0 Å². The normalized spacial score (nSPS) is 18.9. The highest BCUT2D eigenvalue weighted by Crippen LogP contribution is 2.32. The fraction of sp³-hybridized carbons (Fsp3) is 0.889. The van der Waals surface area contributed by atoms with Crippen LogP contribution in [0.25, 0.3) is 0 Å². The quantitative estimate of drug-likeness (QED) is 0.677. The minimum atomic E-state index is -4.15. The van der Waals surface area contributed by atoms with Gasteiger partial charge in [-0.3, -0.25) is 4.79 Å². The van der Waals surface area contributed by atoms with Gasteiger partial charge in [0.05, 0.1) is 0 Å². The van der Waals surface area contributed by atoms with Gasteiger partial charge in [-0.05, 0) is 31.7 Å². The molecule has 0 aromatic heterocycles. The average Bonchev–Trinajstić information content (AvgIpc) is 2.84. The van der Waals surface area contributed by atoms with E-state index in [2.05, 4.69) is 5.32 Å². The minimum absolute atomic E-state index is 0.0694. The third-order valence-corrected chi connectivity index (χ3v) is 2.36. The molecule has 88 valence electrons. The Hall–Kier alpha value is -0.780. The number of carboxylic acid groups (broad SMARTS) is 1. The van der Waals surface area contributed by atoms with Crippen molar-refractivity contribution >= 4 is 5.97 Å². The van der Waals surface area contributed by atoms with Gasteiger partial charge in [0.2, 0.25) is 0 Å². The van der Waals surface area contributed by atoms with Crippen LogP contribution in [0.15, 0.2) is 0 Å². The summed E-state index contributed by atoms with van der Waals surface area (Å²) in [5, 5.41) is 11.4. The van der Waals surface area contributed by atoms with Crippen LogP contribution in [0.2, 0.25) is 0 Å². The van der Waals surface area contributed by atoms with Crippen LogP contribution in [0.1, 0.15) is 25.7 Å². The maximum Gasteiger partial charge on any atom is 0.389 e. The summed E-state index contributed by atoms with van der Waals surface area (Å²) in [7, 11) is 0. The van der Waals surface area contributed by atoms with Crippen LogP contribution in [0, 0.1) is 5.92 Å². The molecule has 1 saturated carbocycles. The zero-order chi connectivity index (χ0) is 11.5. The number of carbonyl (C=O) groups is 1. The zero-order valence-electron chi connectivity index (χ0n) is 8.18. The van der Waals surface area contributed by atoms with Gasteiger partial charge in [-0.2, -0.15) is 13.2 Å². The Morgan fingerprint density at radius 2 is 2.07 bits per heavy atom. The van der Waals surface area contributed by atoms with Crippen molar-refractivity contribution in [2.24, 2.45) is 5.92 Å². The number of alkyl halides is 3. The molecule has 1 aliphatic carbocycles. The highest BCUT2D eigenvalue weighted by atomic mass is 19.4. The van der Waals surface area contributed by atoms with E-state index in [0.29, 0.717) is 0 Å². The zero-order valence-corrected chi connectivity index (χ0v) is 8.18. The highest BCUT2D eigenvalue weighted by Gasteiger charge is 2.35. The first-order valence-corrected chi connectivity index (χ1v) is 4.93. The predicted molar refractivity (Wildman–Crippen MR) is 47.4 cm³/mol. The van der Waals surface area contributed by atoms with Gasteiger partial charge in [0.25, 0.3) is 0 Å². The average molecular weight is 225 g/mol. The summed E-state index contributed by atoms with van der Waals surface area (Å²) in [6.07, 6.45) is -3.39. The van der Waals surface area contributed by atoms with Crippen LogP contribution in [-0.2, 0) is 4.79 Å². The van der Waals surface area contributed by atoms with Gasteiger partial charge in [0.1, 0.15) is 6.04 Å². The Bertz CT molecular complexity index is 226. The fourth-order valence-corrected chi connectivity index (χ4v) is 1.43. The molecule has 2 N–H and O–H groups in total. The number of hydrogen-bond donors (Lipinski definition) is 2. The van der Waals surface area contributed by atoms with Crippen molar-refractivity contribution in [2.45, 2.75) is 37.9 Å². The molecule has 1 rings (SSSR count). The summed E-state index contributed by atoms with van der Waals surface area (Å²) >= 11 is 0. The van der Waals surface area contributed by atoms with Crippen LogP contribution < -0.4 is 5.32 Å². The SMILES string of the molecule is O=C(O)C(NCCCC(F)(F)F)C1CC1. The summed E-state index contributed by atoms with van der Waals surface area (Å²) in [6.45, 7) is 0.104. The number of rotatable bonds is 6. The van der Waals surface area contributed by atoms with E-state index in [1.165, 1.54) is 0 Å². The van der Waals surface area contributed by atoms with Crippen LogP contribution in [-0.4, -0.2) is 29.8 Å². The van der Waals surface area contributed by atoms with Crippen molar-refractivity contribution < 1.29 is 23.1 Å². The van der Waals surface area contributed by atoms with Gasteiger partial charge >= 0.3 is 12.1 Å². The molecule has 0 saturated heterocycles. The lowest BCUT2D eigenvalue weighted by molar-refractivity contribution is -0.140. The Morgan fingerprint density at radius 3 is 2.47 bits per heavy atom. The number of halogens is 3. The Morgan fingerprint density at radius 1 is 1.47 bits per heavy atom. The third kappa shape index (κ3) is 5.01. The molecule has 0 bridgehead atoms. The Labute approximate surface area is 85.7 Å². The fourth-order valence-electron chi connectivity index (χ4n) is 1.43. The first kappa shape index (κ1) is 12.3. The first-order chi connectivity index (χ1) is 6.90. The molecule has 1 atom stereocenters. The van der Waals surface area contributed by atoms with Crippen molar-refractivity contribution in [1.82, 2.24) is 5.32 Å². The summed E-state index contributed by atoms with van der Waals surface area (Å²) in [5.74, 6) is -0.863. The van der Waals surface area contributed by atoms with Gasteiger partial charge in [-0.25, -0.2) is 0 Å². The summed E-state index contributed by atoms with van der Waals surface area (Å²) < 4.78 is 35.3. The molecule has 0 aromatic rings. The summed E-state index contributed by atoms with van der Waals surface area (Å²) in [4.78, 5) is 10.7. The molecule has 0 heterocycles. The van der Waals surface area contributed by atoms with Crippen LogP contribution in [0.4, 0.5) is 13.2 Å². The predicted octanol–water partition coefficient (Wildman–Crippen LogP) is 1.78. The molecule has 0 amide bonds. The van der Waals surface area contributed by atoms with Gasteiger partial charge in [0.15, 0.2) is 0 Å².